The van der Waals surface area contributed by atoms with E-state index in [1.807, 2.05) is 11.1 Å². The Morgan fingerprint density at radius 1 is 1.42 bits per heavy atom. The molecule has 2 aliphatic heterocycles. The van der Waals surface area contributed by atoms with E-state index in [-0.39, 0.29) is 5.91 Å². The molecule has 0 unspecified atom stereocenters. The van der Waals surface area contributed by atoms with Crippen molar-refractivity contribution in [3.63, 3.8) is 0 Å². The lowest BCUT2D eigenvalue weighted by atomic mass is 9.92. The molecule has 2 aromatic heterocycles. The van der Waals surface area contributed by atoms with Gasteiger partial charge < -0.3 is 14.8 Å². The standard InChI is InChI=1S/C18H23N5O/c1-3-12-9-19-17-16(12)18(21-11-20-17)23-8-6-13-5-7-22(10-14(13)23)15(24)4-2/h4,9,11,13-14H,2-3,5-8,10H2,1H3,(H,19,20,21)/t13-,14-/m0/s1. The second-order valence-electron chi connectivity index (χ2n) is 6.67. The van der Waals surface area contributed by atoms with Crippen LogP contribution >= 0.6 is 0 Å². The molecule has 2 saturated heterocycles. The van der Waals surface area contributed by atoms with Crippen LogP contribution in [0.3, 0.4) is 0 Å². The topological polar surface area (TPSA) is 65.1 Å². The minimum absolute atomic E-state index is 0.0315. The Hall–Kier alpha value is -2.37. The van der Waals surface area contributed by atoms with Crippen molar-refractivity contribution in [3.8, 4) is 0 Å². The molecule has 24 heavy (non-hydrogen) atoms. The summed E-state index contributed by atoms with van der Waals surface area (Å²) in [5.41, 5.74) is 2.15. The largest absolute Gasteiger partial charge is 0.351 e. The zero-order chi connectivity index (χ0) is 16.7. The number of piperidine rings is 1. The van der Waals surface area contributed by atoms with Gasteiger partial charge in [0.05, 0.1) is 11.4 Å². The fourth-order valence-corrected chi connectivity index (χ4v) is 4.24. The summed E-state index contributed by atoms with van der Waals surface area (Å²) in [7, 11) is 0. The van der Waals surface area contributed by atoms with E-state index in [4.69, 9.17) is 0 Å². The number of fused-ring (bicyclic) bond motifs is 2. The van der Waals surface area contributed by atoms with Crippen LogP contribution in [-0.4, -0.2) is 51.4 Å². The molecule has 2 fully saturated rings. The normalized spacial score (nSPS) is 23.5. The molecule has 1 N–H and O–H groups in total. The van der Waals surface area contributed by atoms with Crippen molar-refractivity contribution in [3.05, 3.63) is 30.7 Å². The number of carbonyl (C=O) groups is 1. The Balaban J connectivity index is 1.71. The Kier molecular flexibility index (Phi) is 3.75. The number of aromatic amines is 1. The summed E-state index contributed by atoms with van der Waals surface area (Å²) in [6, 6.07) is 0.334. The molecule has 6 heteroatoms. The first-order valence-electron chi connectivity index (χ1n) is 8.71. The van der Waals surface area contributed by atoms with Crippen LogP contribution < -0.4 is 4.90 Å². The molecule has 1 amide bonds. The van der Waals surface area contributed by atoms with Gasteiger partial charge in [-0.05, 0) is 36.8 Å². The minimum Gasteiger partial charge on any atom is -0.351 e. The number of aromatic nitrogens is 3. The van der Waals surface area contributed by atoms with Gasteiger partial charge >= 0.3 is 0 Å². The fourth-order valence-electron chi connectivity index (χ4n) is 4.24. The molecule has 2 atom stereocenters. The van der Waals surface area contributed by atoms with Crippen molar-refractivity contribution < 1.29 is 4.79 Å². The number of amides is 1. The SMILES string of the molecule is C=CC(=O)N1CC[C@H]2CCN(c3ncnc4[nH]cc(CC)c34)[C@H]2C1. The number of aryl methyl sites for hydroxylation is 1. The molecule has 0 saturated carbocycles. The maximum atomic E-state index is 12.0. The van der Waals surface area contributed by atoms with E-state index in [2.05, 4.69) is 33.4 Å². The molecule has 0 spiro atoms. The zero-order valence-electron chi connectivity index (χ0n) is 14.0. The quantitative estimate of drug-likeness (QED) is 0.878. The van der Waals surface area contributed by atoms with E-state index in [9.17, 15) is 4.79 Å². The van der Waals surface area contributed by atoms with Crippen molar-refractivity contribution in [1.82, 2.24) is 19.9 Å². The van der Waals surface area contributed by atoms with Crippen LogP contribution in [0.25, 0.3) is 11.0 Å². The van der Waals surface area contributed by atoms with Crippen LogP contribution in [0.5, 0.6) is 0 Å². The van der Waals surface area contributed by atoms with Gasteiger partial charge in [0.15, 0.2) is 0 Å². The summed E-state index contributed by atoms with van der Waals surface area (Å²) in [5.74, 6) is 1.68. The van der Waals surface area contributed by atoms with Crippen LogP contribution in [0.15, 0.2) is 25.2 Å². The Morgan fingerprint density at radius 3 is 3.04 bits per heavy atom. The van der Waals surface area contributed by atoms with E-state index in [0.29, 0.717) is 12.0 Å². The molecular formula is C18H23N5O. The number of H-pyrrole nitrogens is 1. The predicted molar refractivity (Wildman–Crippen MR) is 93.9 cm³/mol. The molecule has 6 nitrogen and oxygen atoms in total. The smallest absolute Gasteiger partial charge is 0.246 e. The first kappa shape index (κ1) is 15.2. The zero-order valence-corrected chi connectivity index (χ0v) is 14.0. The number of rotatable bonds is 3. The number of nitrogens with one attached hydrogen (secondary N) is 1. The van der Waals surface area contributed by atoms with Crippen LogP contribution in [0.1, 0.15) is 25.3 Å². The highest BCUT2D eigenvalue weighted by Gasteiger charge is 2.40. The highest BCUT2D eigenvalue weighted by molar-refractivity contribution is 5.91. The molecule has 4 rings (SSSR count). The first-order valence-corrected chi connectivity index (χ1v) is 8.71. The van der Waals surface area contributed by atoms with Gasteiger partial charge in [-0.2, -0.15) is 0 Å². The summed E-state index contributed by atoms with van der Waals surface area (Å²) in [4.78, 5) is 28.6. The summed E-state index contributed by atoms with van der Waals surface area (Å²) in [6.07, 6.45) is 8.26. The fraction of sp³-hybridized carbons (Fsp3) is 0.500. The van der Waals surface area contributed by atoms with Gasteiger partial charge in [-0.25, -0.2) is 9.97 Å². The van der Waals surface area contributed by atoms with E-state index in [1.165, 1.54) is 11.6 Å². The average Bonchev–Trinajstić information content (AvgIpc) is 3.24. The van der Waals surface area contributed by atoms with Crippen LogP contribution in [0.4, 0.5) is 5.82 Å². The molecule has 0 radical (unpaired) electrons. The van der Waals surface area contributed by atoms with Crippen LogP contribution in [0.2, 0.25) is 0 Å². The van der Waals surface area contributed by atoms with E-state index >= 15 is 0 Å². The number of nitrogens with zero attached hydrogens (tertiary/aromatic N) is 4. The monoisotopic (exact) mass is 325 g/mol. The Labute approximate surface area is 141 Å². The Bertz CT molecular complexity index is 783. The van der Waals surface area contributed by atoms with Crippen molar-refractivity contribution in [2.75, 3.05) is 24.5 Å². The van der Waals surface area contributed by atoms with Crippen LogP contribution in [-0.2, 0) is 11.2 Å². The number of hydrogen-bond acceptors (Lipinski definition) is 4. The molecule has 0 aliphatic carbocycles. The number of anilines is 1. The third kappa shape index (κ3) is 2.28. The third-order valence-electron chi connectivity index (χ3n) is 5.53. The maximum Gasteiger partial charge on any atom is 0.246 e. The lowest BCUT2D eigenvalue weighted by molar-refractivity contribution is -0.127. The molecule has 2 aliphatic rings. The third-order valence-corrected chi connectivity index (χ3v) is 5.53. The number of carbonyl (C=O) groups excluding carboxylic acids is 1. The molecule has 0 aromatic carbocycles. The first-order chi connectivity index (χ1) is 11.7. The summed E-state index contributed by atoms with van der Waals surface area (Å²) >= 11 is 0. The highest BCUT2D eigenvalue weighted by Crippen LogP contribution is 2.37. The summed E-state index contributed by atoms with van der Waals surface area (Å²) in [5, 5.41) is 1.13. The second-order valence-corrected chi connectivity index (χ2v) is 6.67. The van der Waals surface area contributed by atoms with E-state index in [1.54, 1.807) is 6.33 Å². The molecule has 2 aromatic rings. The van der Waals surface area contributed by atoms with E-state index in [0.717, 1.165) is 55.7 Å². The number of hydrogen-bond donors (Lipinski definition) is 1. The van der Waals surface area contributed by atoms with Gasteiger partial charge in [-0.3, -0.25) is 4.79 Å². The van der Waals surface area contributed by atoms with Gasteiger partial charge in [0.1, 0.15) is 17.8 Å². The number of likely N-dealkylation sites (tertiary alicyclic amines) is 1. The van der Waals surface area contributed by atoms with Crippen LogP contribution in [0, 0.1) is 5.92 Å². The van der Waals surface area contributed by atoms with Gasteiger partial charge in [0, 0.05) is 25.8 Å². The Morgan fingerprint density at radius 2 is 2.25 bits per heavy atom. The van der Waals surface area contributed by atoms with Gasteiger partial charge in [-0.15, -0.1) is 0 Å². The molecule has 0 bridgehead atoms. The highest BCUT2D eigenvalue weighted by atomic mass is 16.2. The molecular weight excluding hydrogens is 302 g/mol. The van der Waals surface area contributed by atoms with Gasteiger partial charge in [0.25, 0.3) is 0 Å². The van der Waals surface area contributed by atoms with E-state index < -0.39 is 0 Å². The lowest BCUT2D eigenvalue weighted by Crippen LogP contribution is -2.50. The second kappa shape index (κ2) is 5.92. The van der Waals surface area contributed by atoms with Crippen molar-refractivity contribution in [2.24, 2.45) is 5.92 Å². The summed E-state index contributed by atoms with van der Waals surface area (Å²) < 4.78 is 0. The minimum atomic E-state index is 0.0315. The van der Waals surface area contributed by atoms with Crippen molar-refractivity contribution in [1.29, 1.82) is 0 Å². The van der Waals surface area contributed by atoms with Crippen molar-refractivity contribution in [2.45, 2.75) is 32.2 Å². The molecule has 126 valence electrons. The van der Waals surface area contributed by atoms with Crippen molar-refractivity contribution >= 4 is 22.8 Å². The summed E-state index contributed by atoms with van der Waals surface area (Å²) in [6.45, 7) is 8.36. The maximum absolute atomic E-state index is 12.0. The van der Waals surface area contributed by atoms with Gasteiger partial charge in [0.2, 0.25) is 5.91 Å². The average molecular weight is 325 g/mol. The molecule has 4 heterocycles. The van der Waals surface area contributed by atoms with Gasteiger partial charge in [-0.1, -0.05) is 13.5 Å². The lowest BCUT2D eigenvalue weighted by Gasteiger charge is -2.38. The predicted octanol–water partition coefficient (Wildman–Crippen LogP) is 2.13.